The zero-order valence-corrected chi connectivity index (χ0v) is 12.7. The van der Waals surface area contributed by atoms with Crippen molar-refractivity contribution in [1.82, 2.24) is 4.72 Å². The highest BCUT2D eigenvalue weighted by molar-refractivity contribution is 7.89. The molecular formula is C16H18N2O2S. The lowest BCUT2D eigenvalue weighted by molar-refractivity contribution is 0.588. The molecule has 0 heterocycles. The number of sulfonamides is 1. The van der Waals surface area contributed by atoms with Crippen LogP contribution in [0.2, 0.25) is 0 Å². The topological polar surface area (TPSA) is 58.2 Å². The molecular weight excluding hydrogens is 284 g/mol. The van der Waals surface area contributed by atoms with Crippen LogP contribution in [0.25, 0.3) is 0 Å². The van der Waals surface area contributed by atoms with E-state index in [1.807, 2.05) is 24.3 Å². The highest BCUT2D eigenvalue weighted by Gasteiger charge is 2.23. The predicted octanol–water partition coefficient (Wildman–Crippen LogP) is 2.17. The Kier molecular flexibility index (Phi) is 3.69. The fraction of sp³-hybridized carbons (Fsp3) is 0.250. The van der Waals surface area contributed by atoms with Gasteiger partial charge in [0.25, 0.3) is 0 Å². The van der Waals surface area contributed by atoms with E-state index < -0.39 is 10.0 Å². The van der Waals surface area contributed by atoms with Crippen LogP contribution in [0.4, 0.5) is 5.69 Å². The fourth-order valence-electron chi connectivity index (χ4n) is 2.81. The van der Waals surface area contributed by atoms with E-state index in [2.05, 4.69) is 22.2 Å². The normalized spacial score (nSPS) is 14.9. The number of hydrogen-bond acceptors (Lipinski definition) is 3. The van der Waals surface area contributed by atoms with E-state index >= 15 is 0 Å². The molecule has 3 rings (SSSR count). The molecule has 0 atom stereocenters. The van der Waals surface area contributed by atoms with E-state index in [9.17, 15) is 8.42 Å². The van der Waals surface area contributed by atoms with Crippen molar-refractivity contribution >= 4 is 15.7 Å². The Morgan fingerprint density at radius 2 is 1.52 bits per heavy atom. The molecule has 2 N–H and O–H groups in total. The van der Waals surface area contributed by atoms with Crippen molar-refractivity contribution in [2.75, 3.05) is 12.4 Å². The molecule has 21 heavy (non-hydrogen) atoms. The van der Waals surface area contributed by atoms with Crippen molar-refractivity contribution in [2.45, 2.75) is 23.8 Å². The van der Waals surface area contributed by atoms with Crippen LogP contribution in [0.3, 0.4) is 0 Å². The number of nitrogens with one attached hydrogen (secondary N) is 2. The van der Waals surface area contributed by atoms with Gasteiger partial charge in [-0.3, -0.25) is 0 Å². The molecule has 0 bridgehead atoms. The second kappa shape index (κ2) is 5.50. The van der Waals surface area contributed by atoms with E-state index in [1.165, 1.54) is 18.2 Å². The highest BCUT2D eigenvalue weighted by atomic mass is 32.2. The molecule has 5 heteroatoms. The van der Waals surface area contributed by atoms with Crippen molar-refractivity contribution < 1.29 is 8.42 Å². The molecule has 1 aliphatic rings. The van der Waals surface area contributed by atoms with Crippen molar-refractivity contribution in [2.24, 2.45) is 0 Å². The number of hydrogen-bond donors (Lipinski definition) is 2. The van der Waals surface area contributed by atoms with Crippen LogP contribution in [0.15, 0.2) is 53.4 Å². The molecule has 0 amide bonds. The monoisotopic (exact) mass is 302 g/mol. The summed E-state index contributed by atoms with van der Waals surface area (Å²) < 4.78 is 26.5. The Morgan fingerprint density at radius 1 is 0.952 bits per heavy atom. The first kappa shape index (κ1) is 14.1. The van der Waals surface area contributed by atoms with E-state index in [0.717, 1.165) is 12.8 Å². The average Bonchev–Trinajstić information content (AvgIpc) is 2.90. The quantitative estimate of drug-likeness (QED) is 0.910. The molecule has 0 saturated heterocycles. The highest BCUT2D eigenvalue weighted by Crippen LogP contribution is 2.27. The molecule has 0 unspecified atom stereocenters. The van der Waals surface area contributed by atoms with Crippen molar-refractivity contribution in [3.05, 3.63) is 59.7 Å². The van der Waals surface area contributed by atoms with E-state index in [1.54, 1.807) is 12.1 Å². The minimum Gasteiger partial charge on any atom is -0.381 e. The summed E-state index contributed by atoms with van der Waals surface area (Å²) in [6.45, 7) is 0. The summed E-state index contributed by atoms with van der Waals surface area (Å²) in [6, 6.07) is 15.6. The average molecular weight is 302 g/mol. The molecule has 4 nitrogen and oxygen atoms in total. The molecule has 0 radical (unpaired) electrons. The van der Waals surface area contributed by atoms with Crippen LogP contribution in [0.5, 0.6) is 0 Å². The van der Waals surface area contributed by atoms with Crippen LogP contribution in [0.1, 0.15) is 11.1 Å². The Labute approximate surface area is 125 Å². The molecule has 0 spiro atoms. The van der Waals surface area contributed by atoms with Crippen molar-refractivity contribution in [3.8, 4) is 0 Å². The summed E-state index contributed by atoms with van der Waals surface area (Å²) in [7, 11) is -2.02. The Morgan fingerprint density at radius 3 is 2.14 bits per heavy atom. The first-order chi connectivity index (χ1) is 10.1. The minimum atomic E-state index is -3.45. The van der Waals surface area contributed by atoms with Crippen molar-refractivity contribution in [1.29, 1.82) is 0 Å². The van der Waals surface area contributed by atoms with Crippen LogP contribution < -0.4 is 10.0 Å². The van der Waals surface area contributed by atoms with Gasteiger partial charge < -0.3 is 5.32 Å². The van der Waals surface area contributed by atoms with Gasteiger partial charge in [0.2, 0.25) is 10.0 Å². The molecule has 2 aromatic rings. The van der Waals surface area contributed by atoms with Gasteiger partial charge in [-0.25, -0.2) is 13.1 Å². The van der Waals surface area contributed by atoms with E-state index in [0.29, 0.717) is 10.6 Å². The molecule has 0 aromatic heterocycles. The summed E-state index contributed by atoms with van der Waals surface area (Å²) in [6.07, 6.45) is 1.84. The van der Waals surface area contributed by atoms with Gasteiger partial charge in [0.1, 0.15) is 4.90 Å². The molecule has 0 saturated carbocycles. The first-order valence-corrected chi connectivity index (χ1v) is 8.44. The third-order valence-corrected chi connectivity index (χ3v) is 5.33. The van der Waals surface area contributed by atoms with Crippen LogP contribution in [0, 0.1) is 0 Å². The van der Waals surface area contributed by atoms with Gasteiger partial charge in [0.15, 0.2) is 0 Å². The summed E-state index contributed by atoms with van der Waals surface area (Å²) in [5, 5.41) is 3.38. The van der Waals surface area contributed by atoms with Gasteiger partial charge in [-0.2, -0.15) is 0 Å². The number of para-hydroxylation sites is 1. The van der Waals surface area contributed by atoms with Gasteiger partial charge in [-0.05, 0) is 43.1 Å². The summed E-state index contributed by atoms with van der Waals surface area (Å²) in [4.78, 5) is 0.295. The van der Waals surface area contributed by atoms with Crippen LogP contribution >= 0.6 is 0 Å². The number of anilines is 1. The molecule has 2 aromatic carbocycles. The predicted molar refractivity (Wildman–Crippen MR) is 83.9 cm³/mol. The smallest absolute Gasteiger partial charge is 0.242 e. The fourth-order valence-corrected chi connectivity index (χ4v) is 3.71. The zero-order valence-electron chi connectivity index (χ0n) is 11.8. The Hall–Kier alpha value is -1.85. The molecule has 0 aliphatic heterocycles. The van der Waals surface area contributed by atoms with Gasteiger partial charge in [-0.1, -0.05) is 36.4 Å². The minimum absolute atomic E-state index is 0.232. The number of rotatable bonds is 4. The van der Waals surface area contributed by atoms with Gasteiger partial charge in [0.05, 0.1) is 5.69 Å². The number of fused-ring (bicyclic) bond motifs is 1. The number of benzene rings is 2. The molecule has 110 valence electrons. The molecule has 1 aliphatic carbocycles. The second-order valence-corrected chi connectivity index (χ2v) is 7.08. The Bertz CT molecular complexity index is 731. The lowest BCUT2D eigenvalue weighted by Gasteiger charge is -2.17. The summed E-state index contributed by atoms with van der Waals surface area (Å²) >= 11 is 0. The maximum Gasteiger partial charge on any atom is 0.242 e. The zero-order chi connectivity index (χ0) is 14.9. The summed E-state index contributed by atoms with van der Waals surface area (Å²) in [5.74, 6) is 0. The largest absolute Gasteiger partial charge is 0.381 e. The van der Waals surface area contributed by atoms with E-state index in [4.69, 9.17) is 0 Å². The first-order valence-electron chi connectivity index (χ1n) is 6.96. The van der Waals surface area contributed by atoms with Crippen LogP contribution in [-0.2, 0) is 22.9 Å². The second-order valence-electron chi connectivity index (χ2n) is 5.22. The molecule has 0 fully saturated rings. The maximum atomic E-state index is 12.1. The van der Waals surface area contributed by atoms with Crippen molar-refractivity contribution in [3.63, 3.8) is 0 Å². The maximum absolute atomic E-state index is 12.1. The van der Waals surface area contributed by atoms with Gasteiger partial charge >= 0.3 is 0 Å². The van der Waals surface area contributed by atoms with Crippen LogP contribution in [-0.4, -0.2) is 21.5 Å². The summed E-state index contributed by atoms with van der Waals surface area (Å²) in [5.41, 5.74) is 3.33. The standard InChI is InChI=1S/C16H18N2O2S/c1-17-21(19,20)16-9-5-4-8-15(16)18-14-10-12-6-2-3-7-13(12)11-14/h2-9,14,17-18H,10-11H2,1H3. The van der Waals surface area contributed by atoms with Gasteiger partial charge in [0, 0.05) is 6.04 Å². The third kappa shape index (κ3) is 2.80. The lowest BCUT2D eigenvalue weighted by Crippen LogP contribution is -2.24. The van der Waals surface area contributed by atoms with E-state index in [-0.39, 0.29) is 6.04 Å². The SMILES string of the molecule is CNS(=O)(=O)c1ccccc1NC1Cc2ccccc2C1. The third-order valence-electron chi connectivity index (χ3n) is 3.86. The lowest BCUT2D eigenvalue weighted by atomic mass is 10.1. The van der Waals surface area contributed by atoms with Gasteiger partial charge in [-0.15, -0.1) is 0 Å². The Balaban J connectivity index is 1.85.